The maximum absolute atomic E-state index is 13.5. The number of methoxy groups -OCH3 is 1. The number of hydrogen-bond donors (Lipinski definition) is 0. The molecule has 7 heteroatoms. The van der Waals surface area contributed by atoms with Crippen molar-refractivity contribution >= 4 is 28.6 Å². The minimum atomic E-state index is -0.227. The molecule has 0 aliphatic heterocycles. The molecule has 174 valence electrons. The van der Waals surface area contributed by atoms with Gasteiger partial charge in [0.05, 0.1) is 29.8 Å². The summed E-state index contributed by atoms with van der Waals surface area (Å²) in [7, 11) is 3.39. The first-order valence-electron chi connectivity index (χ1n) is 11.0. The zero-order chi connectivity index (χ0) is 24.1. The van der Waals surface area contributed by atoms with E-state index in [0.29, 0.717) is 22.6 Å². The zero-order valence-electron chi connectivity index (χ0n) is 19.5. The van der Waals surface area contributed by atoms with Crippen LogP contribution in [0, 0.1) is 0 Å². The molecule has 1 atom stereocenters. The van der Waals surface area contributed by atoms with Crippen molar-refractivity contribution in [2.45, 2.75) is 24.7 Å². The maximum Gasteiger partial charge on any atom is 0.262 e. The molecular formula is C27H27N3O3S. The summed E-state index contributed by atoms with van der Waals surface area (Å²) in [5.41, 5.74) is 2.45. The predicted octanol–water partition coefficient (Wildman–Crippen LogP) is 4.77. The molecule has 0 saturated heterocycles. The van der Waals surface area contributed by atoms with Crippen LogP contribution in [0.25, 0.3) is 10.9 Å². The fourth-order valence-corrected chi connectivity index (χ4v) is 4.88. The Kier molecular flexibility index (Phi) is 7.33. The number of carbonyl (C=O) groups excluding carboxylic acids is 1. The van der Waals surface area contributed by atoms with Crippen LogP contribution in [-0.2, 0) is 11.3 Å². The van der Waals surface area contributed by atoms with Gasteiger partial charge in [-0.05, 0) is 30.7 Å². The first-order chi connectivity index (χ1) is 16.5. The number of nitrogens with zero attached hydrogens (tertiary/aromatic N) is 3. The van der Waals surface area contributed by atoms with Crippen LogP contribution >= 0.6 is 11.8 Å². The standard InChI is InChI=1S/C27H27N3O3S/c1-19(20-11-5-4-6-12-20)30-26(32)22-14-8-9-15-23(22)28-27(30)34-18-25(31)29(2)17-21-13-7-10-16-24(21)33-3/h4-16,19H,17-18H2,1-3H3/t19-/m1/s1. The third kappa shape index (κ3) is 4.99. The van der Waals surface area contributed by atoms with Gasteiger partial charge in [0.2, 0.25) is 5.91 Å². The van der Waals surface area contributed by atoms with Gasteiger partial charge in [0.15, 0.2) is 5.16 Å². The van der Waals surface area contributed by atoms with Crippen molar-refractivity contribution in [3.63, 3.8) is 0 Å². The van der Waals surface area contributed by atoms with Gasteiger partial charge in [0, 0.05) is 19.2 Å². The molecule has 0 radical (unpaired) electrons. The topological polar surface area (TPSA) is 64.4 Å². The molecule has 0 bridgehead atoms. The first kappa shape index (κ1) is 23.6. The van der Waals surface area contributed by atoms with E-state index in [9.17, 15) is 9.59 Å². The van der Waals surface area contributed by atoms with E-state index in [-0.39, 0.29) is 23.3 Å². The highest BCUT2D eigenvalue weighted by Gasteiger charge is 2.20. The molecule has 0 saturated carbocycles. The summed E-state index contributed by atoms with van der Waals surface area (Å²) < 4.78 is 7.09. The van der Waals surface area contributed by atoms with E-state index in [0.717, 1.165) is 16.9 Å². The van der Waals surface area contributed by atoms with Gasteiger partial charge in [0.1, 0.15) is 5.75 Å². The highest BCUT2D eigenvalue weighted by atomic mass is 32.2. The summed E-state index contributed by atoms with van der Waals surface area (Å²) in [6.07, 6.45) is 0. The summed E-state index contributed by atoms with van der Waals surface area (Å²) in [4.78, 5) is 32.8. The SMILES string of the molecule is COc1ccccc1CN(C)C(=O)CSc1nc2ccccc2c(=O)n1[C@H](C)c1ccccc1. The van der Waals surface area contributed by atoms with Crippen LogP contribution in [-0.4, -0.2) is 40.3 Å². The van der Waals surface area contributed by atoms with Gasteiger partial charge in [0.25, 0.3) is 5.56 Å². The predicted molar refractivity (Wildman–Crippen MR) is 136 cm³/mol. The van der Waals surface area contributed by atoms with Crippen molar-refractivity contribution in [1.29, 1.82) is 0 Å². The Balaban J connectivity index is 1.61. The molecule has 0 unspecified atom stereocenters. The Morgan fingerprint density at radius 2 is 1.71 bits per heavy atom. The summed E-state index contributed by atoms with van der Waals surface area (Å²) in [5, 5.41) is 1.09. The maximum atomic E-state index is 13.5. The fraction of sp³-hybridized carbons (Fsp3) is 0.222. The van der Waals surface area contributed by atoms with Gasteiger partial charge < -0.3 is 9.64 Å². The highest BCUT2D eigenvalue weighted by molar-refractivity contribution is 7.99. The van der Waals surface area contributed by atoms with Gasteiger partial charge >= 0.3 is 0 Å². The minimum Gasteiger partial charge on any atom is -0.496 e. The van der Waals surface area contributed by atoms with E-state index >= 15 is 0 Å². The number of amides is 1. The van der Waals surface area contributed by atoms with E-state index in [1.54, 1.807) is 29.7 Å². The molecule has 4 rings (SSSR count). The van der Waals surface area contributed by atoms with Crippen LogP contribution in [0.2, 0.25) is 0 Å². The Morgan fingerprint density at radius 3 is 2.47 bits per heavy atom. The number of para-hydroxylation sites is 2. The monoisotopic (exact) mass is 473 g/mol. The lowest BCUT2D eigenvalue weighted by atomic mass is 10.1. The third-order valence-electron chi connectivity index (χ3n) is 5.80. The van der Waals surface area contributed by atoms with Crippen LogP contribution < -0.4 is 10.3 Å². The molecule has 0 spiro atoms. The molecule has 0 aliphatic carbocycles. The van der Waals surface area contributed by atoms with Crippen molar-refractivity contribution in [3.05, 3.63) is 100 Å². The van der Waals surface area contributed by atoms with Gasteiger partial charge in [-0.25, -0.2) is 4.98 Å². The molecule has 1 aromatic heterocycles. The lowest BCUT2D eigenvalue weighted by Gasteiger charge is -2.21. The number of aromatic nitrogens is 2. The van der Waals surface area contributed by atoms with Crippen LogP contribution in [0.3, 0.4) is 0 Å². The van der Waals surface area contributed by atoms with E-state index in [4.69, 9.17) is 9.72 Å². The molecule has 6 nitrogen and oxygen atoms in total. The second kappa shape index (κ2) is 10.6. The molecule has 0 aliphatic rings. The van der Waals surface area contributed by atoms with Gasteiger partial charge in [-0.2, -0.15) is 0 Å². The smallest absolute Gasteiger partial charge is 0.262 e. The normalized spacial score (nSPS) is 11.9. The van der Waals surface area contributed by atoms with Crippen LogP contribution in [0.5, 0.6) is 5.75 Å². The molecule has 34 heavy (non-hydrogen) atoms. The third-order valence-corrected chi connectivity index (χ3v) is 6.73. The van der Waals surface area contributed by atoms with Gasteiger partial charge in [-0.3, -0.25) is 14.2 Å². The van der Waals surface area contributed by atoms with Crippen LogP contribution in [0.15, 0.2) is 88.8 Å². The number of ether oxygens (including phenoxy) is 1. The van der Waals surface area contributed by atoms with Crippen molar-refractivity contribution in [2.24, 2.45) is 0 Å². The van der Waals surface area contributed by atoms with E-state index in [1.165, 1.54) is 11.8 Å². The van der Waals surface area contributed by atoms with E-state index < -0.39 is 0 Å². The Labute approximate surface area is 203 Å². The highest BCUT2D eigenvalue weighted by Crippen LogP contribution is 2.25. The number of carbonyl (C=O) groups is 1. The number of thioether (sulfide) groups is 1. The average Bonchev–Trinajstić information content (AvgIpc) is 2.87. The lowest BCUT2D eigenvalue weighted by molar-refractivity contribution is -0.127. The average molecular weight is 474 g/mol. The van der Waals surface area contributed by atoms with E-state index in [2.05, 4.69) is 0 Å². The minimum absolute atomic E-state index is 0.0581. The number of hydrogen-bond acceptors (Lipinski definition) is 5. The van der Waals surface area contributed by atoms with Gasteiger partial charge in [-0.1, -0.05) is 72.4 Å². The molecule has 0 fully saturated rings. The second-order valence-electron chi connectivity index (χ2n) is 8.02. The fourth-order valence-electron chi connectivity index (χ4n) is 3.86. The summed E-state index contributed by atoms with van der Waals surface area (Å²) in [6, 6.07) is 24.6. The number of rotatable bonds is 8. The zero-order valence-corrected chi connectivity index (χ0v) is 20.3. The van der Waals surface area contributed by atoms with Crippen molar-refractivity contribution in [1.82, 2.24) is 14.5 Å². The van der Waals surface area contributed by atoms with Crippen molar-refractivity contribution < 1.29 is 9.53 Å². The Hall–Kier alpha value is -3.58. The molecule has 0 N–H and O–H groups in total. The number of fused-ring (bicyclic) bond motifs is 1. The van der Waals surface area contributed by atoms with Crippen LogP contribution in [0.1, 0.15) is 24.1 Å². The quantitative estimate of drug-likeness (QED) is 0.273. The Bertz CT molecular complexity index is 1350. The second-order valence-corrected chi connectivity index (χ2v) is 8.97. The largest absolute Gasteiger partial charge is 0.496 e. The Morgan fingerprint density at radius 1 is 1.03 bits per heavy atom. The molecule has 1 amide bonds. The van der Waals surface area contributed by atoms with Crippen LogP contribution in [0.4, 0.5) is 0 Å². The van der Waals surface area contributed by atoms with Crippen molar-refractivity contribution in [2.75, 3.05) is 19.9 Å². The molecule has 4 aromatic rings. The molecule has 3 aromatic carbocycles. The summed E-state index contributed by atoms with van der Waals surface area (Å²) in [6.45, 7) is 2.41. The first-order valence-corrected chi connectivity index (χ1v) is 12.0. The molecule has 1 heterocycles. The summed E-state index contributed by atoms with van der Waals surface area (Å²) in [5.74, 6) is 0.853. The van der Waals surface area contributed by atoms with E-state index in [1.807, 2.05) is 79.7 Å². The lowest BCUT2D eigenvalue weighted by Crippen LogP contribution is -2.30. The molecular weight excluding hydrogens is 446 g/mol. The van der Waals surface area contributed by atoms with Gasteiger partial charge in [-0.15, -0.1) is 0 Å². The van der Waals surface area contributed by atoms with Crippen molar-refractivity contribution in [3.8, 4) is 5.75 Å². The number of benzene rings is 3. The summed E-state index contributed by atoms with van der Waals surface area (Å²) >= 11 is 1.29.